The van der Waals surface area contributed by atoms with Crippen molar-refractivity contribution in [3.63, 3.8) is 0 Å². The summed E-state index contributed by atoms with van der Waals surface area (Å²) in [6, 6.07) is 17.2. The summed E-state index contributed by atoms with van der Waals surface area (Å²) < 4.78 is 5.79. The number of nitrogens with one attached hydrogen (secondary N) is 2. The minimum Gasteiger partial charge on any atom is -0.489 e. The predicted molar refractivity (Wildman–Crippen MR) is 127 cm³/mol. The van der Waals surface area contributed by atoms with Gasteiger partial charge in [0.25, 0.3) is 0 Å². The van der Waals surface area contributed by atoms with Gasteiger partial charge >= 0.3 is 0 Å². The first kappa shape index (κ1) is 23.5. The first-order valence-electron chi connectivity index (χ1n) is 11.0. The van der Waals surface area contributed by atoms with E-state index in [0.29, 0.717) is 19.7 Å². The van der Waals surface area contributed by atoms with Crippen molar-refractivity contribution in [1.82, 2.24) is 15.1 Å². The maximum absolute atomic E-state index is 12.7. The highest BCUT2D eigenvalue weighted by atomic mass is 16.5. The van der Waals surface area contributed by atoms with Crippen LogP contribution < -0.4 is 15.4 Å². The molecule has 1 aliphatic rings. The summed E-state index contributed by atoms with van der Waals surface area (Å²) >= 11 is 0. The molecule has 170 valence electrons. The fraction of sp³-hybridized carbons (Fsp3) is 0.360. The Balaban J connectivity index is 1.41. The van der Waals surface area contributed by atoms with E-state index in [0.717, 1.165) is 43.2 Å². The number of amides is 2. The molecule has 1 fully saturated rings. The zero-order valence-electron chi connectivity index (χ0n) is 18.6. The van der Waals surface area contributed by atoms with Crippen LogP contribution in [0.3, 0.4) is 0 Å². The lowest BCUT2D eigenvalue weighted by Gasteiger charge is -2.37. The van der Waals surface area contributed by atoms with E-state index in [2.05, 4.69) is 27.0 Å². The molecule has 0 spiro atoms. The van der Waals surface area contributed by atoms with Gasteiger partial charge in [-0.3, -0.25) is 19.4 Å². The van der Waals surface area contributed by atoms with E-state index in [1.807, 2.05) is 61.5 Å². The highest BCUT2D eigenvalue weighted by Crippen LogP contribution is 2.18. The minimum absolute atomic E-state index is 0.000312. The van der Waals surface area contributed by atoms with Gasteiger partial charge < -0.3 is 15.4 Å². The van der Waals surface area contributed by atoms with E-state index in [-0.39, 0.29) is 17.9 Å². The lowest BCUT2D eigenvalue weighted by Crippen LogP contribution is -2.54. The van der Waals surface area contributed by atoms with Crippen molar-refractivity contribution in [2.45, 2.75) is 19.6 Å². The summed E-state index contributed by atoms with van der Waals surface area (Å²) in [6.07, 6.45) is 1.67. The third-order valence-corrected chi connectivity index (χ3v) is 5.52. The fourth-order valence-electron chi connectivity index (χ4n) is 3.54. The van der Waals surface area contributed by atoms with Crippen molar-refractivity contribution in [2.75, 3.05) is 44.6 Å². The topological polar surface area (TPSA) is 73.9 Å². The van der Waals surface area contributed by atoms with E-state index in [4.69, 9.17) is 4.74 Å². The van der Waals surface area contributed by atoms with E-state index >= 15 is 0 Å². The second-order valence-electron chi connectivity index (χ2n) is 7.87. The Bertz CT molecular complexity index is 878. The molecule has 0 aromatic heterocycles. The number of piperazine rings is 1. The van der Waals surface area contributed by atoms with Gasteiger partial charge in [0.2, 0.25) is 11.8 Å². The molecule has 3 rings (SSSR count). The number of benzene rings is 2. The fourth-order valence-corrected chi connectivity index (χ4v) is 3.54. The van der Waals surface area contributed by atoms with Crippen molar-refractivity contribution in [1.29, 1.82) is 0 Å². The molecular weight excluding hydrogens is 404 g/mol. The van der Waals surface area contributed by atoms with Crippen LogP contribution in [0.15, 0.2) is 67.3 Å². The highest BCUT2D eigenvalue weighted by Gasteiger charge is 2.26. The van der Waals surface area contributed by atoms with Crippen molar-refractivity contribution < 1.29 is 14.3 Å². The maximum Gasteiger partial charge on any atom is 0.241 e. The largest absolute Gasteiger partial charge is 0.489 e. The standard InChI is InChI=1S/C25H32N4O3/c1-3-13-26-24(30)18-28-14-16-29(17-15-28)20(2)25(31)27-22-9-11-23(12-10-22)32-19-21-7-5-4-6-8-21/h3-12,20H,1,13-19H2,2H3,(H,26,30)(H,27,31). The Kier molecular flexibility index (Phi) is 8.83. The van der Waals surface area contributed by atoms with Gasteiger partial charge in [-0.2, -0.15) is 0 Å². The number of ether oxygens (including phenoxy) is 1. The number of carbonyl (C=O) groups is 2. The van der Waals surface area contributed by atoms with Crippen molar-refractivity contribution in [3.8, 4) is 5.75 Å². The third-order valence-electron chi connectivity index (χ3n) is 5.52. The number of nitrogens with zero attached hydrogens (tertiary/aromatic N) is 2. The molecular formula is C25H32N4O3. The minimum atomic E-state index is -0.249. The van der Waals surface area contributed by atoms with Gasteiger partial charge in [-0.25, -0.2) is 0 Å². The Morgan fingerprint density at radius 2 is 1.75 bits per heavy atom. The van der Waals surface area contributed by atoms with Gasteiger partial charge in [0.15, 0.2) is 0 Å². The predicted octanol–water partition coefficient (Wildman–Crippen LogP) is 2.51. The molecule has 2 aromatic carbocycles. The van der Waals surface area contributed by atoms with Gasteiger partial charge in [0, 0.05) is 38.4 Å². The molecule has 1 aliphatic heterocycles. The van der Waals surface area contributed by atoms with Crippen LogP contribution in [0.25, 0.3) is 0 Å². The smallest absolute Gasteiger partial charge is 0.241 e. The summed E-state index contributed by atoms with van der Waals surface area (Å²) in [6.45, 7) is 9.88. The van der Waals surface area contributed by atoms with Crippen LogP contribution in [-0.4, -0.2) is 66.9 Å². The molecule has 1 saturated heterocycles. The Labute approximate surface area is 190 Å². The van der Waals surface area contributed by atoms with Crippen molar-refractivity contribution in [2.24, 2.45) is 0 Å². The lowest BCUT2D eigenvalue weighted by atomic mass is 10.2. The van der Waals surface area contributed by atoms with Crippen molar-refractivity contribution in [3.05, 3.63) is 72.8 Å². The first-order chi connectivity index (χ1) is 15.5. The van der Waals surface area contributed by atoms with Gasteiger partial charge in [-0.05, 0) is 36.8 Å². The molecule has 7 heteroatoms. The van der Waals surface area contributed by atoms with Crippen LogP contribution in [0, 0.1) is 0 Å². The normalized spacial score (nSPS) is 15.5. The number of anilines is 1. The summed E-state index contributed by atoms with van der Waals surface area (Å²) in [5.41, 5.74) is 1.85. The van der Waals surface area contributed by atoms with Gasteiger partial charge in [-0.15, -0.1) is 6.58 Å². The van der Waals surface area contributed by atoms with Gasteiger partial charge in [0.1, 0.15) is 12.4 Å². The number of carbonyl (C=O) groups excluding carboxylic acids is 2. The Hall–Kier alpha value is -3.16. The molecule has 0 saturated carbocycles. The molecule has 2 N–H and O–H groups in total. The molecule has 0 bridgehead atoms. The molecule has 1 atom stereocenters. The molecule has 0 aliphatic carbocycles. The van der Waals surface area contributed by atoms with Crippen LogP contribution in [0.1, 0.15) is 12.5 Å². The van der Waals surface area contributed by atoms with E-state index in [1.165, 1.54) is 0 Å². The quantitative estimate of drug-likeness (QED) is 0.560. The molecule has 1 heterocycles. The molecule has 0 radical (unpaired) electrons. The summed E-state index contributed by atoms with van der Waals surface area (Å²) in [4.78, 5) is 28.8. The molecule has 7 nitrogen and oxygen atoms in total. The van der Waals surface area contributed by atoms with E-state index in [9.17, 15) is 9.59 Å². The molecule has 32 heavy (non-hydrogen) atoms. The van der Waals surface area contributed by atoms with Crippen LogP contribution in [0.4, 0.5) is 5.69 Å². The summed E-state index contributed by atoms with van der Waals surface area (Å²) in [5.74, 6) is 0.716. The van der Waals surface area contributed by atoms with Crippen LogP contribution in [0.2, 0.25) is 0 Å². The van der Waals surface area contributed by atoms with Gasteiger partial charge in [0.05, 0.1) is 12.6 Å². The van der Waals surface area contributed by atoms with E-state index in [1.54, 1.807) is 6.08 Å². The summed E-state index contributed by atoms with van der Waals surface area (Å²) in [7, 11) is 0. The Morgan fingerprint density at radius 3 is 2.41 bits per heavy atom. The molecule has 2 amide bonds. The SMILES string of the molecule is C=CCNC(=O)CN1CCN(C(C)C(=O)Nc2ccc(OCc3ccccc3)cc2)CC1. The molecule has 1 unspecified atom stereocenters. The Morgan fingerprint density at radius 1 is 1.06 bits per heavy atom. The zero-order valence-corrected chi connectivity index (χ0v) is 18.6. The second kappa shape index (κ2) is 12.0. The zero-order chi connectivity index (χ0) is 22.8. The van der Waals surface area contributed by atoms with Crippen LogP contribution in [-0.2, 0) is 16.2 Å². The van der Waals surface area contributed by atoms with Crippen LogP contribution >= 0.6 is 0 Å². The average Bonchev–Trinajstić information content (AvgIpc) is 2.83. The highest BCUT2D eigenvalue weighted by molar-refractivity contribution is 5.94. The lowest BCUT2D eigenvalue weighted by molar-refractivity contribution is -0.124. The third kappa shape index (κ3) is 7.21. The van der Waals surface area contributed by atoms with Gasteiger partial charge in [-0.1, -0.05) is 36.4 Å². The van der Waals surface area contributed by atoms with E-state index < -0.39 is 0 Å². The number of hydrogen-bond acceptors (Lipinski definition) is 5. The number of rotatable bonds is 10. The van der Waals surface area contributed by atoms with Crippen molar-refractivity contribution >= 4 is 17.5 Å². The monoisotopic (exact) mass is 436 g/mol. The average molecular weight is 437 g/mol. The molecule has 2 aromatic rings. The first-order valence-corrected chi connectivity index (χ1v) is 11.0. The van der Waals surface area contributed by atoms with Crippen LogP contribution in [0.5, 0.6) is 5.75 Å². The summed E-state index contributed by atoms with van der Waals surface area (Å²) in [5, 5.41) is 5.78. The number of hydrogen-bond donors (Lipinski definition) is 2. The maximum atomic E-state index is 12.7. The second-order valence-corrected chi connectivity index (χ2v) is 7.87.